The monoisotopic (exact) mass is 153 g/mol. The molecule has 0 heterocycles. The molecular formula is C9H12FN. The lowest BCUT2D eigenvalue weighted by Crippen LogP contribution is -1.97. The third kappa shape index (κ3) is 1.34. The van der Waals surface area contributed by atoms with E-state index in [1.54, 1.807) is 20.0 Å². The van der Waals surface area contributed by atoms with Gasteiger partial charge in [0.05, 0.1) is 5.69 Å². The maximum Gasteiger partial charge on any atom is 0.149 e. The quantitative estimate of drug-likeness (QED) is 0.653. The van der Waals surface area contributed by atoms with Gasteiger partial charge < -0.3 is 5.32 Å². The molecule has 0 radical (unpaired) electrons. The largest absolute Gasteiger partial charge is 0.386 e. The minimum atomic E-state index is -0.146. The highest BCUT2D eigenvalue weighted by Crippen LogP contribution is 2.20. The van der Waals surface area contributed by atoms with E-state index in [2.05, 4.69) is 5.32 Å². The molecule has 60 valence electrons. The molecule has 0 aliphatic rings. The van der Waals surface area contributed by atoms with Gasteiger partial charge in [-0.25, -0.2) is 4.39 Å². The fraction of sp³-hybridized carbons (Fsp3) is 0.333. The van der Waals surface area contributed by atoms with Crippen molar-refractivity contribution in [2.45, 2.75) is 13.8 Å². The van der Waals surface area contributed by atoms with Gasteiger partial charge in [-0.05, 0) is 25.0 Å². The Hall–Kier alpha value is -1.05. The predicted octanol–water partition coefficient (Wildman–Crippen LogP) is 2.48. The molecule has 1 aromatic carbocycles. The first kappa shape index (κ1) is 8.05. The van der Waals surface area contributed by atoms with Crippen LogP contribution in [0.1, 0.15) is 11.1 Å². The number of benzene rings is 1. The Morgan fingerprint density at radius 1 is 1.18 bits per heavy atom. The van der Waals surface area contributed by atoms with Gasteiger partial charge in [0.25, 0.3) is 0 Å². The molecule has 2 heteroatoms. The summed E-state index contributed by atoms with van der Waals surface area (Å²) in [5.74, 6) is -0.146. The van der Waals surface area contributed by atoms with Crippen LogP contribution < -0.4 is 5.32 Å². The summed E-state index contributed by atoms with van der Waals surface area (Å²) < 4.78 is 13.2. The number of aryl methyl sites for hydroxylation is 2. The van der Waals surface area contributed by atoms with Gasteiger partial charge in [0.2, 0.25) is 0 Å². The topological polar surface area (TPSA) is 12.0 Å². The Morgan fingerprint density at radius 3 is 2.18 bits per heavy atom. The maximum absolute atomic E-state index is 13.2. The summed E-state index contributed by atoms with van der Waals surface area (Å²) in [6, 6.07) is 3.69. The molecule has 0 spiro atoms. The highest BCUT2D eigenvalue weighted by molar-refractivity contribution is 5.53. The number of rotatable bonds is 1. The first-order valence-electron chi connectivity index (χ1n) is 3.60. The van der Waals surface area contributed by atoms with Crippen LogP contribution in [-0.2, 0) is 0 Å². The molecule has 1 nitrogen and oxygen atoms in total. The second-order valence-corrected chi connectivity index (χ2v) is 2.64. The minimum Gasteiger partial charge on any atom is -0.386 e. The smallest absolute Gasteiger partial charge is 0.149 e. The average molecular weight is 153 g/mol. The summed E-state index contributed by atoms with van der Waals surface area (Å²) in [7, 11) is 1.73. The minimum absolute atomic E-state index is 0.146. The van der Waals surface area contributed by atoms with Gasteiger partial charge in [-0.15, -0.1) is 0 Å². The summed E-state index contributed by atoms with van der Waals surface area (Å²) in [6.07, 6.45) is 0. The highest BCUT2D eigenvalue weighted by Gasteiger charge is 2.05. The van der Waals surface area contributed by atoms with Crippen molar-refractivity contribution in [3.05, 3.63) is 29.1 Å². The fourth-order valence-electron chi connectivity index (χ4n) is 1.08. The molecule has 0 amide bonds. The molecule has 0 saturated carbocycles. The first-order chi connectivity index (χ1) is 5.16. The zero-order chi connectivity index (χ0) is 8.43. The standard InChI is InChI=1S/C9H12FN/c1-6-4-5-7(2)9(11-3)8(6)10/h4-5,11H,1-3H3. The van der Waals surface area contributed by atoms with Crippen LogP contribution in [-0.4, -0.2) is 7.05 Å². The van der Waals surface area contributed by atoms with Crippen LogP contribution in [0.4, 0.5) is 10.1 Å². The summed E-state index contributed by atoms with van der Waals surface area (Å²) >= 11 is 0. The SMILES string of the molecule is CNc1c(C)ccc(C)c1F. The molecule has 0 unspecified atom stereocenters. The van der Waals surface area contributed by atoms with Crippen LogP contribution in [0.2, 0.25) is 0 Å². The lowest BCUT2D eigenvalue weighted by molar-refractivity contribution is 0.621. The van der Waals surface area contributed by atoms with Crippen molar-refractivity contribution in [3.63, 3.8) is 0 Å². The first-order valence-corrected chi connectivity index (χ1v) is 3.60. The Bertz CT molecular complexity index is 269. The van der Waals surface area contributed by atoms with Gasteiger partial charge in [-0.2, -0.15) is 0 Å². The van der Waals surface area contributed by atoms with Crippen molar-refractivity contribution >= 4 is 5.69 Å². The van der Waals surface area contributed by atoms with Crippen molar-refractivity contribution in [3.8, 4) is 0 Å². The van der Waals surface area contributed by atoms with Crippen LogP contribution in [0.25, 0.3) is 0 Å². The van der Waals surface area contributed by atoms with E-state index in [1.807, 2.05) is 13.0 Å². The van der Waals surface area contributed by atoms with Crippen LogP contribution >= 0.6 is 0 Å². The summed E-state index contributed by atoms with van der Waals surface area (Å²) in [4.78, 5) is 0. The van der Waals surface area contributed by atoms with E-state index in [0.717, 1.165) is 5.56 Å². The molecule has 0 aliphatic heterocycles. The number of hydrogen-bond acceptors (Lipinski definition) is 1. The molecule has 0 bridgehead atoms. The van der Waals surface area contributed by atoms with Gasteiger partial charge in [-0.1, -0.05) is 12.1 Å². The molecular weight excluding hydrogens is 141 g/mol. The third-order valence-corrected chi connectivity index (χ3v) is 1.79. The molecule has 0 aromatic heterocycles. The van der Waals surface area contributed by atoms with Crippen molar-refractivity contribution in [1.29, 1.82) is 0 Å². The number of anilines is 1. The van der Waals surface area contributed by atoms with Crippen LogP contribution in [0.15, 0.2) is 12.1 Å². The molecule has 0 fully saturated rings. The normalized spacial score (nSPS) is 9.82. The van der Waals surface area contributed by atoms with Crippen molar-refractivity contribution in [2.24, 2.45) is 0 Å². The lowest BCUT2D eigenvalue weighted by atomic mass is 10.1. The molecule has 0 aliphatic carbocycles. The van der Waals surface area contributed by atoms with Gasteiger partial charge >= 0.3 is 0 Å². The van der Waals surface area contributed by atoms with E-state index in [9.17, 15) is 4.39 Å². The van der Waals surface area contributed by atoms with Crippen LogP contribution in [0, 0.1) is 19.7 Å². The highest BCUT2D eigenvalue weighted by atomic mass is 19.1. The van der Waals surface area contributed by atoms with E-state index in [-0.39, 0.29) is 5.82 Å². The summed E-state index contributed by atoms with van der Waals surface area (Å²) in [6.45, 7) is 3.64. The van der Waals surface area contributed by atoms with E-state index < -0.39 is 0 Å². The van der Waals surface area contributed by atoms with Gasteiger partial charge in [-0.3, -0.25) is 0 Å². The summed E-state index contributed by atoms with van der Waals surface area (Å²) in [5.41, 5.74) is 2.22. The van der Waals surface area contributed by atoms with Crippen LogP contribution in [0.3, 0.4) is 0 Å². The summed E-state index contributed by atoms with van der Waals surface area (Å²) in [5, 5.41) is 2.83. The predicted molar refractivity (Wildman–Crippen MR) is 45.4 cm³/mol. The molecule has 1 N–H and O–H groups in total. The van der Waals surface area contributed by atoms with Gasteiger partial charge in [0.1, 0.15) is 5.82 Å². The molecule has 0 atom stereocenters. The Morgan fingerprint density at radius 2 is 1.73 bits per heavy atom. The number of halogens is 1. The number of hydrogen-bond donors (Lipinski definition) is 1. The van der Waals surface area contributed by atoms with Gasteiger partial charge in [0.15, 0.2) is 0 Å². The van der Waals surface area contributed by atoms with Crippen LogP contribution in [0.5, 0.6) is 0 Å². The fourth-order valence-corrected chi connectivity index (χ4v) is 1.08. The molecule has 0 saturated heterocycles. The lowest BCUT2D eigenvalue weighted by Gasteiger charge is -2.07. The van der Waals surface area contributed by atoms with Crippen molar-refractivity contribution in [1.82, 2.24) is 0 Å². The van der Waals surface area contributed by atoms with Crippen molar-refractivity contribution < 1.29 is 4.39 Å². The van der Waals surface area contributed by atoms with E-state index >= 15 is 0 Å². The van der Waals surface area contributed by atoms with Crippen molar-refractivity contribution in [2.75, 3.05) is 12.4 Å². The maximum atomic E-state index is 13.2. The Balaban J connectivity index is 3.29. The Kier molecular flexibility index (Phi) is 2.13. The van der Waals surface area contributed by atoms with E-state index in [1.165, 1.54) is 0 Å². The Labute approximate surface area is 66.2 Å². The molecule has 1 aromatic rings. The number of nitrogens with one attached hydrogen (secondary N) is 1. The van der Waals surface area contributed by atoms with Gasteiger partial charge in [0, 0.05) is 7.05 Å². The third-order valence-electron chi connectivity index (χ3n) is 1.79. The zero-order valence-electron chi connectivity index (χ0n) is 7.03. The molecule has 1 rings (SSSR count). The van der Waals surface area contributed by atoms with E-state index in [4.69, 9.17) is 0 Å². The molecule has 11 heavy (non-hydrogen) atoms. The second-order valence-electron chi connectivity index (χ2n) is 2.64. The average Bonchev–Trinajstić information content (AvgIpc) is 1.99. The van der Waals surface area contributed by atoms with E-state index in [0.29, 0.717) is 11.3 Å². The second kappa shape index (κ2) is 2.91. The zero-order valence-corrected chi connectivity index (χ0v) is 7.03.